The first kappa shape index (κ1) is 20.4. The van der Waals surface area contributed by atoms with Gasteiger partial charge in [-0.05, 0) is 42.8 Å². The third-order valence-electron chi connectivity index (χ3n) is 3.90. The Morgan fingerprint density at radius 3 is 2.55 bits per heavy atom. The number of nitrogens with one attached hydrogen (secondary N) is 1. The third kappa shape index (κ3) is 4.40. The van der Waals surface area contributed by atoms with Gasteiger partial charge in [-0.3, -0.25) is 9.59 Å². The van der Waals surface area contributed by atoms with Crippen molar-refractivity contribution < 1.29 is 23.1 Å². The largest absolute Gasteiger partial charge is 0.505 e. The monoisotopic (exact) mass is 423 g/mol. The lowest BCUT2D eigenvalue weighted by molar-refractivity contribution is -0.137. The number of anilines is 1. The van der Waals surface area contributed by atoms with Crippen LogP contribution in [0.5, 0.6) is 5.75 Å². The second-order valence-electron chi connectivity index (χ2n) is 6.11. The van der Waals surface area contributed by atoms with Gasteiger partial charge in [-0.1, -0.05) is 23.7 Å². The fraction of sp³-hybridized carbons (Fsp3) is 0.105. The predicted molar refractivity (Wildman–Crippen MR) is 101 cm³/mol. The molecule has 6 nitrogen and oxygen atoms in total. The van der Waals surface area contributed by atoms with Crippen molar-refractivity contribution in [2.24, 2.45) is 0 Å². The number of aromatic hydroxyl groups is 1. The van der Waals surface area contributed by atoms with Gasteiger partial charge in [0.25, 0.3) is 11.5 Å². The molecule has 2 aromatic carbocycles. The van der Waals surface area contributed by atoms with Crippen LogP contribution in [-0.2, 0) is 6.18 Å². The van der Waals surface area contributed by atoms with Gasteiger partial charge >= 0.3 is 6.18 Å². The van der Waals surface area contributed by atoms with Crippen LogP contribution in [0.2, 0.25) is 5.02 Å². The van der Waals surface area contributed by atoms with Gasteiger partial charge in [0.1, 0.15) is 0 Å². The number of hydrogen-bond acceptors (Lipinski definition) is 4. The molecule has 2 N–H and O–H groups in total. The van der Waals surface area contributed by atoms with E-state index in [2.05, 4.69) is 10.4 Å². The minimum atomic E-state index is -4.71. The molecule has 1 aromatic heterocycles. The van der Waals surface area contributed by atoms with Crippen LogP contribution in [0, 0.1) is 6.92 Å². The molecule has 10 heteroatoms. The Kier molecular flexibility index (Phi) is 5.34. The van der Waals surface area contributed by atoms with Crippen molar-refractivity contribution >= 4 is 23.2 Å². The van der Waals surface area contributed by atoms with E-state index in [1.165, 1.54) is 6.07 Å². The zero-order valence-electron chi connectivity index (χ0n) is 14.8. The maximum atomic E-state index is 13.0. The third-order valence-corrected chi connectivity index (χ3v) is 4.23. The molecule has 0 aliphatic rings. The van der Waals surface area contributed by atoms with Gasteiger partial charge < -0.3 is 10.4 Å². The molecule has 0 aliphatic carbocycles. The normalized spacial score (nSPS) is 11.3. The van der Waals surface area contributed by atoms with Crippen LogP contribution >= 0.6 is 11.6 Å². The molecule has 0 unspecified atom stereocenters. The summed E-state index contributed by atoms with van der Waals surface area (Å²) in [6.07, 6.45) is -4.71. The van der Waals surface area contributed by atoms with E-state index < -0.39 is 39.7 Å². The second-order valence-corrected chi connectivity index (χ2v) is 6.52. The molecule has 0 saturated heterocycles. The zero-order valence-corrected chi connectivity index (χ0v) is 15.5. The van der Waals surface area contributed by atoms with Gasteiger partial charge in [-0.15, -0.1) is 0 Å². The van der Waals surface area contributed by atoms with Gasteiger partial charge in [0.2, 0.25) is 0 Å². The highest BCUT2D eigenvalue weighted by atomic mass is 35.5. The maximum absolute atomic E-state index is 13.0. The molecule has 0 fully saturated rings. The number of hydrogen-bond donors (Lipinski definition) is 2. The van der Waals surface area contributed by atoms with Crippen molar-refractivity contribution in [3.8, 4) is 11.4 Å². The molecular formula is C19H13ClF3N3O3. The first-order valence-electron chi connectivity index (χ1n) is 8.15. The predicted octanol–water partition coefficient (Wildman–Crippen LogP) is 4.17. The standard InChI is InChI=1S/C19H13ClF3N3O3/c1-10-3-2-4-12(7-10)26-16(28)9-15(27)17(25-26)18(29)24-11-5-6-14(20)13(8-11)19(21,22)23/h2-9,27H,1H3,(H,24,29). The Morgan fingerprint density at radius 1 is 1.17 bits per heavy atom. The van der Waals surface area contributed by atoms with E-state index in [1.807, 2.05) is 0 Å². The molecule has 0 bridgehead atoms. The van der Waals surface area contributed by atoms with E-state index in [9.17, 15) is 27.9 Å². The number of aryl methyl sites for hydroxylation is 1. The van der Waals surface area contributed by atoms with E-state index in [0.29, 0.717) is 11.8 Å². The number of alkyl halides is 3. The number of aromatic nitrogens is 2. The van der Waals surface area contributed by atoms with Crippen LogP contribution in [0.15, 0.2) is 53.3 Å². The molecule has 0 radical (unpaired) electrons. The summed E-state index contributed by atoms with van der Waals surface area (Å²) in [7, 11) is 0. The van der Waals surface area contributed by atoms with Gasteiger partial charge in [-0.2, -0.15) is 23.0 Å². The molecule has 3 rings (SSSR count). The van der Waals surface area contributed by atoms with Crippen molar-refractivity contribution in [2.75, 3.05) is 5.32 Å². The van der Waals surface area contributed by atoms with Crippen LogP contribution < -0.4 is 10.9 Å². The lowest BCUT2D eigenvalue weighted by atomic mass is 10.2. The molecule has 29 heavy (non-hydrogen) atoms. The molecular weight excluding hydrogens is 411 g/mol. The fourth-order valence-corrected chi connectivity index (χ4v) is 2.79. The minimum Gasteiger partial charge on any atom is -0.505 e. The number of carbonyl (C=O) groups is 1. The number of benzene rings is 2. The van der Waals surface area contributed by atoms with Crippen LogP contribution in [-0.4, -0.2) is 20.8 Å². The van der Waals surface area contributed by atoms with Gasteiger partial charge in [0, 0.05) is 11.8 Å². The summed E-state index contributed by atoms with van der Waals surface area (Å²) >= 11 is 5.56. The van der Waals surface area contributed by atoms with Crippen LogP contribution in [0.3, 0.4) is 0 Å². The summed E-state index contributed by atoms with van der Waals surface area (Å²) in [6, 6.07) is 10.3. The number of nitrogens with zero attached hydrogens (tertiary/aromatic N) is 2. The molecule has 1 heterocycles. The van der Waals surface area contributed by atoms with Crippen molar-refractivity contribution in [1.29, 1.82) is 0 Å². The van der Waals surface area contributed by atoms with Crippen molar-refractivity contribution in [3.05, 3.63) is 80.7 Å². The molecule has 3 aromatic rings. The van der Waals surface area contributed by atoms with E-state index in [1.54, 1.807) is 31.2 Å². The number of rotatable bonds is 3. The summed E-state index contributed by atoms with van der Waals surface area (Å²) in [5.74, 6) is -1.71. The highest BCUT2D eigenvalue weighted by Gasteiger charge is 2.33. The molecule has 0 spiro atoms. The van der Waals surface area contributed by atoms with Crippen molar-refractivity contribution in [2.45, 2.75) is 13.1 Å². The van der Waals surface area contributed by atoms with E-state index in [4.69, 9.17) is 11.6 Å². The van der Waals surface area contributed by atoms with Gasteiger partial charge in [-0.25, -0.2) is 0 Å². The Labute approximate surface area is 167 Å². The summed E-state index contributed by atoms with van der Waals surface area (Å²) in [4.78, 5) is 24.6. The summed E-state index contributed by atoms with van der Waals surface area (Å²) in [5.41, 5.74) is -1.36. The van der Waals surface area contributed by atoms with Gasteiger partial charge in [0.05, 0.1) is 16.3 Å². The second kappa shape index (κ2) is 7.59. The first-order chi connectivity index (χ1) is 13.6. The van der Waals surface area contributed by atoms with E-state index >= 15 is 0 Å². The van der Waals surface area contributed by atoms with E-state index in [-0.39, 0.29) is 5.69 Å². The van der Waals surface area contributed by atoms with Crippen LogP contribution in [0.4, 0.5) is 18.9 Å². The number of halogens is 4. The van der Waals surface area contributed by atoms with Gasteiger partial charge in [0.15, 0.2) is 11.4 Å². The zero-order chi connectivity index (χ0) is 21.3. The molecule has 0 aliphatic heterocycles. The maximum Gasteiger partial charge on any atom is 0.417 e. The topological polar surface area (TPSA) is 84.2 Å². The smallest absolute Gasteiger partial charge is 0.417 e. The minimum absolute atomic E-state index is 0.207. The summed E-state index contributed by atoms with van der Waals surface area (Å²) in [5, 5.41) is 15.5. The van der Waals surface area contributed by atoms with Crippen molar-refractivity contribution in [3.63, 3.8) is 0 Å². The number of amides is 1. The Bertz CT molecular complexity index is 1160. The highest BCUT2D eigenvalue weighted by molar-refractivity contribution is 6.31. The Hall–Kier alpha value is -3.33. The van der Waals surface area contributed by atoms with Crippen LogP contribution in [0.1, 0.15) is 21.6 Å². The highest BCUT2D eigenvalue weighted by Crippen LogP contribution is 2.36. The first-order valence-corrected chi connectivity index (χ1v) is 8.52. The summed E-state index contributed by atoms with van der Waals surface area (Å²) in [6.45, 7) is 1.79. The molecule has 0 atom stereocenters. The Balaban J connectivity index is 1.98. The quantitative estimate of drug-likeness (QED) is 0.662. The molecule has 0 saturated carbocycles. The number of carbonyl (C=O) groups excluding carboxylic acids is 1. The fourth-order valence-electron chi connectivity index (χ4n) is 2.56. The SMILES string of the molecule is Cc1cccc(-n2nc(C(=O)Nc3ccc(Cl)c(C(F)(F)F)c3)c(O)cc2=O)c1. The summed E-state index contributed by atoms with van der Waals surface area (Å²) < 4.78 is 39.9. The van der Waals surface area contributed by atoms with Crippen LogP contribution in [0.25, 0.3) is 5.69 Å². The lowest BCUT2D eigenvalue weighted by Crippen LogP contribution is -2.25. The molecule has 150 valence electrons. The van der Waals surface area contributed by atoms with E-state index in [0.717, 1.165) is 22.4 Å². The lowest BCUT2D eigenvalue weighted by Gasteiger charge is -2.12. The molecule has 1 amide bonds. The average molecular weight is 424 g/mol. The Morgan fingerprint density at radius 2 is 1.90 bits per heavy atom. The van der Waals surface area contributed by atoms with Crippen molar-refractivity contribution in [1.82, 2.24) is 9.78 Å². The average Bonchev–Trinajstić information content (AvgIpc) is 2.62.